The summed E-state index contributed by atoms with van der Waals surface area (Å²) in [6.07, 6.45) is 7.86. The maximum atomic E-state index is 12.7. The summed E-state index contributed by atoms with van der Waals surface area (Å²) in [6.45, 7) is 5.90. The van der Waals surface area contributed by atoms with Crippen molar-refractivity contribution in [3.05, 3.63) is 18.0 Å². The van der Waals surface area contributed by atoms with Gasteiger partial charge in [0.2, 0.25) is 0 Å². The molecular weight excluding hydrogens is 238 g/mol. The van der Waals surface area contributed by atoms with E-state index in [1.807, 2.05) is 15.7 Å². The highest BCUT2D eigenvalue weighted by atomic mass is 16.2. The fourth-order valence-corrected chi connectivity index (χ4v) is 2.71. The Bertz CT molecular complexity index is 429. The van der Waals surface area contributed by atoms with Crippen LogP contribution in [0.5, 0.6) is 0 Å². The summed E-state index contributed by atoms with van der Waals surface area (Å²) < 4.78 is 1.98. The molecule has 1 aromatic rings. The lowest BCUT2D eigenvalue weighted by Gasteiger charge is -2.25. The van der Waals surface area contributed by atoms with E-state index in [1.165, 1.54) is 19.3 Å². The average Bonchev–Trinajstić information content (AvgIpc) is 2.70. The second kappa shape index (κ2) is 6.13. The number of hydrogen-bond acceptors (Lipinski definition) is 2. The molecule has 106 valence electrons. The van der Waals surface area contributed by atoms with Gasteiger partial charge in [0.1, 0.15) is 5.69 Å². The molecule has 0 aromatic carbocycles. The number of amides is 1. The molecule has 1 amide bonds. The predicted octanol–water partition coefficient (Wildman–Crippen LogP) is 3.06. The SMILES string of the molecule is CC(C)n1cc(N)cc1C(=O)N1CCCCCCC1. The average molecular weight is 263 g/mol. The predicted molar refractivity (Wildman–Crippen MR) is 78.2 cm³/mol. The molecule has 4 nitrogen and oxygen atoms in total. The molecule has 0 bridgehead atoms. The van der Waals surface area contributed by atoms with Crippen LogP contribution < -0.4 is 5.73 Å². The van der Waals surface area contributed by atoms with Gasteiger partial charge in [0, 0.05) is 25.3 Å². The first kappa shape index (κ1) is 14.0. The molecule has 2 N–H and O–H groups in total. The van der Waals surface area contributed by atoms with E-state index in [1.54, 1.807) is 6.07 Å². The van der Waals surface area contributed by atoms with Crippen molar-refractivity contribution in [2.45, 2.75) is 52.0 Å². The van der Waals surface area contributed by atoms with Crippen molar-refractivity contribution in [3.63, 3.8) is 0 Å². The van der Waals surface area contributed by atoms with Gasteiger partial charge < -0.3 is 15.2 Å². The number of nitrogens with two attached hydrogens (primary N) is 1. The lowest BCUT2D eigenvalue weighted by atomic mass is 10.1. The van der Waals surface area contributed by atoms with Crippen LogP contribution in [0, 0.1) is 0 Å². The fourth-order valence-electron chi connectivity index (χ4n) is 2.71. The molecule has 19 heavy (non-hydrogen) atoms. The molecule has 0 unspecified atom stereocenters. The van der Waals surface area contributed by atoms with Gasteiger partial charge in [0.15, 0.2) is 0 Å². The monoisotopic (exact) mass is 263 g/mol. The van der Waals surface area contributed by atoms with E-state index >= 15 is 0 Å². The van der Waals surface area contributed by atoms with E-state index in [2.05, 4.69) is 13.8 Å². The van der Waals surface area contributed by atoms with Crippen molar-refractivity contribution in [2.75, 3.05) is 18.8 Å². The van der Waals surface area contributed by atoms with E-state index in [9.17, 15) is 4.79 Å². The Morgan fingerprint density at radius 2 is 1.74 bits per heavy atom. The van der Waals surface area contributed by atoms with Crippen LogP contribution in [0.4, 0.5) is 5.69 Å². The normalized spacial score (nSPS) is 17.3. The molecule has 0 atom stereocenters. The van der Waals surface area contributed by atoms with Crippen LogP contribution in [-0.4, -0.2) is 28.5 Å². The lowest BCUT2D eigenvalue weighted by molar-refractivity contribution is 0.0730. The molecule has 2 rings (SSSR count). The molecule has 1 fully saturated rings. The molecule has 1 aromatic heterocycles. The van der Waals surface area contributed by atoms with Crippen LogP contribution in [0.15, 0.2) is 12.3 Å². The molecule has 4 heteroatoms. The highest BCUT2D eigenvalue weighted by Gasteiger charge is 2.21. The van der Waals surface area contributed by atoms with Crippen LogP contribution in [-0.2, 0) is 0 Å². The largest absolute Gasteiger partial charge is 0.397 e. The van der Waals surface area contributed by atoms with E-state index in [0.29, 0.717) is 5.69 Å². The standard InChI is InChI=1S/C15H25N3O/c1-12(2)18-11-13(16)10-14(18)15(19)17-8-6-4-3-5-7-9-17/h10-12H,3-9,16H2,1-2H3. The summed E-state index contributed by atoms with van der Waals surface area (Å²) in [7, 11) is 0. The Balaban J connectivity index is 2.17. The molecule has 0 radical (unpaired) electrons. The molecule has 2 heterocycles. The second-order valence-corrected chi connectivity index (χ2v) is 5.72. The topological polar surface area (TPSA) is 51.3 Å². The minimum Gasteiger partial charge on any atom is -0.397 e. The minimum absolute atomic E-state index is 0.132. The quantitative estimate of drug-likeness (QED) is 0.891. The van der Waals surface area contributed by atoms with Crippen molar-refractivity contribution in [3.8, 4) is 0 Å². The van der Waals surface area contributed by atoms with Crippen molar-refractivity contribution >= 4 is 11.6 Å². The van der Waals surface area contributed by atoms with Gasteiger partial charge in [-0.05, 0) is 32.8 Å². The van der Waals surface area contributed by atoms with E-state index in [-0.39, 0.29) is 11.9 Å². The molecule has 1 aliphatic heterocycles. The van der Waals surface area contributed by atoms with Gasteiger partial charge in [0.05, 0.1) is 5.69 Å². The highest BCUT2D eigenvalue weighted by molar-refractivity contribution is 5.94. The molecule has 0 aliphatic carbocycles. The third-order valence-corrected chi connectivity index (χ3v) is 3.79. The summed E-state index contributed by atoms with van der Waals surface area (Å²) in [5, 5.41) is 0. The van der Waals surface area contributed by atoms with Crippen molar-refractivity contribution in [2.24, 2.45) is 0 Å². The van der Waals surface area contributed by atoms with E-state index < -0.39 is 0 Å². The van der Waals surface area contributed by atoms with Crippen LogP contribution >= 0.6 is 0 Å². The highest BCUT2D eigenvalue weighted by Crippen LogP contribution is 2.20. The first-order valence-electron chi connectivity index (χ1n) is 7.36. The Morgan fingerprint density at radius 3 is 2.32 bits per heavy atom. The Hall–Kier alpha value is -1.45. The number of carbonyl (C=O) groups excluding carboxylic acids is 1. The second-order valence-electron chi connectivity index (χ2n) is 5.72. The summed E-state index contributed by atoms with van der Waals surface area (Å²) >= 11 is 0. The number of likely N-dealkylation sites (tertiary alicyclic amines) is 1. The maximum Gasteiger partial charge on any atom is 0.270 e. The van der Waals surface area contributed by atoms with Gasteiger partial charge in [-0.2, -0.15) is 0 Å². The smallest absolute Gasteiger partial charge is 0.270 e. The lowest BCUT2D eigenvalue weighted by Crippen LogP contribution is -2.35. The number of nitrogen functional groups attached to an aromatic ring is 1. The van der Waals surface area contributed by atoms with Gasteiger partial charge >= 0.3 is 0 Å². The van der Waals surface area contributed by atoms with Gasteiger partial charge in [-0.3, -0.25) is 4.79 Å². The zero-order valence-electron chi connectivity index (χ0n) is 12.1. The fraction of sp³-hybridized carbons (Fsp3) is 0.667. The number of anilines is 1. The number of rotatable bonds is 2. The molecular formula is C15H25N3O. The minimum atomic E-state index is 0.132. The maximum absolute atomic E-state index is 12.7. The molecule has 1 saturated heterocycles. The summed E-state index contributed by atoms with van der Waals surface area (Å²) in [5.74, 6) is 0.132. The van der Waals surface area contributed by atoms with Crippen LogP contribution in [0.1, 0.15) is 62.5 Å². The summed E-state index contributed by atoms with van der Waals surface area (Å²) in [6, 6.07) is 2.06. The Kier molecular flexibility index (Phi) is 4.51. The van der Waals surface area contributed by atoms with Gasteiger partial charge in [-0.1, -0.05) is 19.3 Å². The number of nitrogens with zero attached hydrogens (tertiary/aromatic N) is 2. The third kappa shape index (κ3) is 3.31. The molecule has 1 aliphatic rings. The zero-order valence-corrected chi connectivity index (χ0v) is 12.1. The molecule has 0 saturated carbocycles. The van der Waals surface area contributed by atoms with E-state index in [4.69, 9.17) is 5.73 Å². The Labute approximate surface area is 115 Å². The Morgan fingerprint density at radius 1 is 1.16 bits per heavy atom. The summed E-state index contributed by atoms with van der Waals surface area (Å²) in [5.41, 5.74) is 7.25. The number of aromatic nitrogens is 1. The van der Waals surface area contributed by atoms with Crippen molar-refractivity contribution in [1.82, 2.24) is 9.47 Å². The number of hydrogen-bond donors (Lipinski definition) is 1. The first-order valence-corrected chi connectivity index (χ1v) is 7.36. The number of carbonyl (C=O) groups is 1. The van der Waals surface area contributed by atoms with Crippen LogP contribution in [0.3, 0.4) is 0 Å². The van der Waals surface area contributed by atoms with Gasteiger partial charge in [-0.15, -0.1) is 0 Å². The third-order valence-electron chi connectivity index (χ3n) is 3.79. The molecule has 0 spiro atoms. The van der Waals surface area contributed by atoms with Gasteiger partial charge in [0.25, 0.3) is 5.91 Å². The van der Waals surface area contributed by atoms with Crippen LogP contribution in [0.25, 0.3) is 0 Å². The first-order chi connectivity index (χ1) is 9.09. The van der Waals surface area contributed by atoms with Gasteiger partial charge in [-0.25, -0.2) is 0 Å². The summed E-state index contributed by atoms with van der Waals surface area (Å²) in [4.78, 5) is 14.6. The van der Waals surface area contributed by atoms with Crippen molar-refractivity contribution in [1.29, 1.82) is 0 Å². The van der Waals surface area contributed by atoms with Crippen LogP contribution in [0.2, 0.25) is 0 Å². The zero-order chi connectivity index (χ0) is 13.8. The van der Waals surface area contributed by atoms with E-state index in [0.717, 1.165) is 31.6 Å². The van der Waals surface area contributed by atoms with Crippen molar-refractivity contribution < 1.29 is 4.79 Å².